The summed E-state index contributed by atoms with van der Waals surface area (Å²) in [5.74, 6) is 0. The van der Waals surface area contributed by atoms with Gasteiger partial charge >= 0.3 is 213 Å². The van der Waals surface area contributed by atoms with Gasteiger partial charge in [0, 0.05) is 0 Å². The van der Waals surface area contributed by atoms with Gasteiger partial charge in [0.2, 0.25) is 0 Å². The molecule has 0 saturated carbocycles. The van der Waals surface area contributed by atoms with Crippen LogP contribution in [0.2, 0.25) is 0 Å². The summed E-state index contributed by atoms with van der Waals surface area (Å²) in [4.78, 5) is 8.90. The molecule has 0 saturated heterocycles. The SMILES string of the molecule is CN(C)Cc1cccc(CN(C)C)[c]1[Sn].CN(C)Cc1cccc(CN(C)C)[c]1[Sn]. The van der Waals surface area contributed by atoms with E-state index in [9.17, 15) is 0 Å². The van der Waals surface area contributed by atoms with Crippen molar-refractivity contribution in [3.63, 3.8) is 0 Å². The van der Waals surface area contributed by atoms with Gasteiger partial charge in [0.25, 0.3) is 0 Å². The first-order valence-corrected chi connectivity index (χ1v) is 13.1. The van der Waals surface area contributed by atoms with E-state index < -0.39 is 0 Å². The van der Waals surface area contributed by atoms with Crippen molar-refractivity contribution >= 4 is 52.2 Å². The molecule has 0 heterocycles. The molecule has 0 aliphatic heterocycles. The molecule has 0 unspecified atom stereocenters. The Kier molecular flexibility index (Phi) is 13.1. The van der Waals surface area contributed by atoms with E-state index in [0.29, 0.717) is 0 Å². The normalized spacial score (nSPS) is 11.4. The monoisotopic (exact) mass is 622 g/mol. The Morgan fingerprint density at radius 3 is 0.833 bits per heavy atom. The van der Waals surface area contributed by atoms with E-state index in [1.807, 2.05) is 0 Å². The fraction of sp³-hybridized carbons (Fsp3) is 0.500. The summed E-state index contributed by atoms with van der Waals surface area (Å²) in [6.45, 7) is 4.17. The molecule has 0 N–H and O–H groups in total. The zero-order chi connectivity index (χ0) is 22.8. The van der Waals surface area contributed by atoms with E-state index in [2.05, 4.69) is 112 Å². The van der Waals surface area contributed by atoms with Gasteiger partial charge in [0.05, 0.1) is 0 Å². The van der Waals surface area contributed by atoms with Gasteiger partial charge in [0.15, 0.2) is 0 Å². The predicted molar refractivity (Wildman–Crippen MR) is 133 cm³/mol. The Morgan fingerprint density at radius 1 is 0.467 bits per heavy atom. The van der Waals surface area contributed by atoms with Crippen molar-refractivity contribution in [3.05, 3.63) is 58.7 Å². The van der Waals surface area contributed by atoms with Crippen molar-refractivity contribution in [2.75, 3.05) is 56.4 Å². The predicted octanol–water partition coefficient (Wildman–Crippen LogP) is 1.21. The van der Waals surface area contributed by atoms with Gasteiger partial charge in [-0.15, -0.1) is 0 Å². The van der Waals surface area contributed by atoms with E-state index in [1.54, 1.807) is 0 Å². The van der Waals surface area contributed by atoms with Gasteiger partial charge < -0.3 is 0 Å². The van der Waals surface area contributed by atoms with Crippen LogP contribution in [0, 0.1) is 0 Å². The van der Waals surface area contributed by atoms with E-state index in [1.165, 1.54) is 74.5 Å². The van der Waals surface area contributed by atoms with E-state index in [-0.39, 0.29) is 0 Å². The maximum absolute atomic E-state index is 2.24. The van der Waals surface area contributed by atoms with Crippen molar-refractivity contribution in [2.24, 2.45) is 0 Å². The molecule has 162 valence electrons. The van der Waals surface area contributed by atoms with Gasteiger partial charge in [-0.25, -0.2) is 0 Å². The second kappa shape index (κ2) is 14.1. The van der Waals surface area contributed by atoms with Crippen LogP contribution in [-0.4, -0.2) is 121 Å². The van der Waals surface area contributed by atoms with Gasteiger partial charge in [-0.2, -0.15) is 0 Å². The molecular formula is C24H38N4Sn2. The minimum absolute atomic E-state index is 1.04. The third-order valence-electron chi connectivity index (χ3n) is 4.42. The molecule has 0 aliphatic carbocycles. The average Bonchev–Trinajstić information content (AvgIpc) is 2.61. The molecule has 2 aromatic rings. The van der Waals surface area contributed by atoms with Crippen LogP contribution in [0.3, 0.4) is 0 Å². The van der Waals surface area contributed by atoms with Crippen LogP contribution in [0.1, 0.15) is 22.3 Å². The van der Waals surface area contributed by atoms with Crippen LogP contribution < -0.4 is 7.16 Å². The molecule has 4 nitrogen and oxygen atoms in total. The van der Waals surface area contributed by atoms with Gasteiger partial charge in [-0.1, -0.05) is 0 Å². The van der Waals surface area contributed by atoms with Crippen molar-refractivity contribution in [1.82, 2.24) is 19.6 Å². The molecule has 0 aromatic heterocycles. The summed E-state index contributed by atoms with van der Waals surface area (Å²) >= 11 is 3.03. The molecule has 0 fully saturated rings. The molecule has 0 atom stereocenters. The molecule has 0 aliphatic rings. The van der Waals surface area contributed by atoms with Crippen LogP contribution in [0.5, 0.6) is 0 Å². The molecule has 0 amide bonds. The van der Waals surface area contributed by atoms with Crippen molar-refractivity contribution in [3.8, 4) is 0 Å². The summed E-state index contributed by atoms with van der Waals surface area (Å²) in [6, 6.07) is 13.3. The summed E-state index contributed by atoms with van der Waals surface area (Å²) in [6.07, 6.45) is 0. The fourth-order valence-electron chi connectivity index (χ4n) is 3.20. The van der Waals surface area contributed by atoms with Gasteiger partial charge in [0.1, 0.15) is 0 Å². The summed E-state index contributed by atoms with van der Waals surface area (Å²) in [5.41, 5.74) is 5.88. The van der Waals surface area contributed by atoms with Crippen molar-refractivity contribution < 1.29 is 0 Å². The zero-order valence-corrected chi connectivity index (χ0v) is 25.8. The van der Waals surface area contributed by atoms with E-state index in [4.69, 9.17) is 0 Å². The molecular weight excluding hydrogens is 582 g/mol. The fourth-order valence-corrected chi connectivity index (χ4v) is 5.05. The molecule has 6 heteroatoms. The van der Waals surface area contributed by atoms with E-state index >= 15 is 0 Å². The maximum atomic E-state index is 2.24. The quantitative estimate of drug-likeness (QED) is 0.412. The third kappa shape index (κ3) is 10.5. The first-order chi connectivity index (χ1) is 14.0. The standard InChI is InChI=1S/2C12H19N2.2Sn/c2*1-13(2)9-11-6-5-7-12(8-11)10-14(3)4;;/h2*5-7H,9-10H2,1-4H3;;. The molecule has 0 bridgehead atoms. The number of nitrogens with zero attached hydrogens (tertiary/aromatic N) is 4. The van der Waals surface area contributed by atoms with Crippen molar-refractivity contribution in [2.45, 2.75) is 26.2 Å². The van der Waals surface area contributed by atoms with Crippen LogP contribution in [0.15, 0.2) is 36.4 Å². The first-order valence-electron chi connectivity index (χ1n) is 10.2. The average molecular weight is 620 g/mol. The minimum atomic E-state index is 1.04. The first kappa shape index (κ1) is 27.9. The second-order valence-corrected chi connectivity index (χ2v) is 11.7. The van der Waals surface area contributed by atoms with Crippen LogP contribution >= 0.6 is 0 Å². The topological polar surface area (TPSA) is 13.0 Å². The summed E-state index contributed by atoms with van der Waals surface area (Å²) < 4.78 is 3.04. The Balaban J connectivity index is 0.000000300. The second-order valence-electron chi connectivity index (χ2n) is 8.85. The number of hydrogen-bond acceptors (Lipinski definition) is 4. The Labute approximate surface area is 211 Å². The van der Waals surface area contributed by atoms with Crippen molar-refractivity contribution in [1.29, 1.82) is 0 Å². The Hall–Kier alpha value is -0.123. The number of benzene rings is 2. The summed E-state index contributed by atoms with van der Waals surface area (Å²) in [5, 5.41) is 0. The third-order valence-corrected chi connectivity index (χ3v) is 8.09. The molecule has 0 spiro atoms. The van der Waals surface area contributed by atoms with Gasteiger partial charge in [-0.05, 0) is 0 Å². The molecule has 30 heavy (non-hydrogen) atoms. The Bertz CT molecular complexity index is 652. The molecule has 6 radical (unpaired) electrons. The van der Waals surface area contributed by atoms with Gasteiger partial charge in [-0.3, -0.25) is 0 Å². The van der Waals surface area contributed by atoms with E-state index in [0.717, 1.165) is 26.2 Å². The van der Waals surface area contributed by atoms with Crippen LogP contribution in [0.25, 0.3) is 0 Å². The van der Waals surface area contributed by atoms with Crippen LogP contribution in [0.4, 0.5) is 0 Å². The zero-order valence-electron chi connectivity index (χ0n) is 20.1. The molecule has 2 aromatic carbocycles. The molecule has 2 rings (SSSR count). The number of hydrogen-bond donors (Lipinski definition) is 0. The summed E-state index contributed by atoms with van der Waals surface area (Å²) in [7, 11) is 17.0. The number of rotatable bonds is 8. The van der Waals surface area contributed by atoms with Crippen LogP contribution in [-0.2, 0) is 26.2 Å². The Morgan fingerprint density at radius 2 is 0.667 bits per heavy atom.